The Balaban J connectivity index is 2.72. The number of ether oxygens (including phenoxy) is 1. The Kier molecular flexibility index (Phi) is 6.41. The zero-order chi connectivity index (χ0) is 15.0. The minimum atomic E-state index is -0.597. The van der Waals surface area contributed by atoms with E-state index >= 15 is 0 Å². The van der Waals surface area contributed by atoms with Gasteiger partial charge in [0.25, 0.3) is 11.6 Å². The summed E-state index contributed by atoms with van der Waals surface area (Å²) in [5.41, 5.74) is 2.52. The number of benzene rings is 1. The molecule has 1 aromatic carbocycles. The van der Waals surface area contributed by atoms with Gasteiger partial charge in [0, 0.05) is 32.0 Å². The van der Waals surface area contributed by atoms with Crippen LogP contribution in [0.3, 0.4) is 0 Å². The molecule has 0 fully saturated rings. The smallest absolute Gasteiger partial charge is 0.282 e. The van der Waals surface area contributed by atoms with E-state index in [1.54, 1.807) is 7.11 Å². The third-order valence-electron chi connectivity index (χ3n) is 2.67. The summed E-state index contributed by atoms with van der Waals surface area (Å²) in [5, 5.41) is 13.5. The van der Waals surface area contributed by atoms with E-state index in [4.69, 9.17) is 10.6 Å². The summed E-state index contributed by atoms with van der Waals surface area (Å²) in [6.07, 6.45) is 1.55. The highest BCUT2D eigenvalue weighted by Crippen LogP contribution is 2.22. The molecule has 0 aliphatic rings. The fourth-order valence-corrected chi connectivity index (χ4v) is 1.64. The highest BCUT2D eigenvalue weighted by atomic mass is 16.6. The summed E-state index contributed by atoms with van der Waals surface area (Å²) in [4.78, 5) is 22.3. The number of methoxy groups -OCH3 is 1. The lowest BCUT2D eigenvalue weighted by Gasteiger charge is -2.07. The summed E-state index contributed by atoms with van der Waals surface area (Å²) in [7, 11) is 1.60. The second-order valence-electron chi connectivity index (χ2n) is 4.09. The van der Waals surface area contributed by atoms with Crippen LogP contribution in [0.1, 0.15) is 23.2 Å². The van der Waals surface area contributed by atoms with Crippen molar-refractivity contribution in [1.29, 1.82) is 0 Å². The standard InChI is InChI=1S/C12H18N4O4/c1-20-7-3-2-6-14-12(17)10-8-9(15-13)4-5-11(10)16(18)19/h4-5,8,15H,2-3,6-7,13H2,1H3,(H,14,17). The van der Waals surface area contributed by atoms with Crippen molar-refractivity contribution >= 4 is 17.3 Å². The molecule has 0 saturated carbocycles. The Morgan fingerprint density at radius 1 is 1.45 bits per heavy atom. The second-order valence-corrected chi connectivity index (χ2v) is 4.09. The molecule has 0 atom stereocenters. The quantitative estimate of drug-likeness (QED) is 0.283. The van der Waals surface area contributed by atoms with Crippen LogP contribution >= 0.6 is 0 Å². The maximum atomic E-state index is 12.0. The number of unbranched alkanes of at least 4 members (excludes halogenated alkanes) is 1. The van der Waals surface area contributed by atoms with Crippen molar-refractivity contribution in [3.8, 4) is 0 Å². The summed E-state index contributed by atoms with van der Waals surface area (Å²) in [5.74, 6) is 4.74. The molecule has 1 aromatic rings. The molecule has 0 heterocycles. The molecule has 0 bridgehead atoms. The van der Waals surface area contributed by atoms with Gasteiger partial charge in [0.1, 0.15) is 5.56 Å². The lowest BCUT2D eigenvalue weighted by atomic mass is 10.1. The van der Waals surface area contributed by atoms with Gasteiger partial charge in [-0.05, 0) is 25.0 Å². The minimum absolute atomic E-state index is 0.0165. The Labute approximate surface area is 116 Å². The molecule has 8 heteroatoms. The van der Waals surface area contributed by atoms with Crippen LogP contribution in [0.25, 0.3) is 0 Å². The van der Waals surface area contributed by atoms with Gasteiger partial charge < -0.3 is 15.5 Å². The van der Waals surface area contributed by atoms with Gasteiger partial charge in [-0.3, -0.25) is 20.8 Å². The Morgan fingerprint density at radius 3 is 2.80 bits per heavy atom. The van der Waals surface area contributed by atoms with E-state index in [0.29, 0.717) is 18.8 Å². The van der Waals surface area contributed by atoms with E-state index in [1.807, 2.05) is 0 Å². The minimum Gasteiger partial charge on any atom is -0.385 e. The number of hydrogen-bond donors (Lipinski definition) is 3. The van der Waals surface area contributed by atoms with Gasteiger partial charge in [-0.15, -0.1) is 0 Å². The number of carbonyl (C=O) groups is 1. The zero-order valence-electron chi connectivity index (χ0n) is 11.2. The molecule has 0 spiro atoms. The monoisotopic (exact) mass is 282 g/mol. The van der Waals surface area contributed by atoms with E-state index in [0.717, 1.165) is 12.8 Å². The number of nitro groups is 1. The van der Waals surface area contributed by atoms with Crippen LogP contribution in [0.5, 0.6) is 0 Å². The van der Waals surface area contributed by atoms with Gasteiger partial charge >= 0.3 is 0 Å². The predicted octanol–water partition coefficient (Wildman–Crippen LogP) is 1.04. The molecule has 20 heavy (non-hydrogen) atoms. The molecule has 0 aliphatic heterocycles. The van der Waals surface area contributed by atoms with E-state index < -0.39 is 10.8 Å². The first kappa shape index (κ1) is 15.9. The van der Waals surface area contributed by atoms with Crippen molar-refractivity contribution in [2.24, 2.45) is 5.84 Å². The van der Waals surface area contributed by atoms with E-state index in [1.165, 1.54) is 18.2 Å². The van der Waals surface area contributed by atoms with Crippen molar-refractivity contribution < 1.29 is 14.5 Å². The molecule has 4 N–H and O–H groups in total. The Bertz CT molecular complexity index is 479. The second kappa shape index (κ2) is 8.08. The molecule has 110 valence electrons. The number of anilines is 1. The van der Waals surface area contributed by atoms with E-state index in [2.05, 4.69) is 10.7 Å². The lowest BCUT2D eigenvalue weighted by molar-refractivity contribution is -0.385. The van der Waals surface area contributed by atoms with Crippen molar-refractivity contribution in [3.63, 3.8) is 0 Å². The van der Waals surface area contributed by atoms with Crippen molar-refractivity contribution in [1.82, 2.24) is 5.32 Å². The molecular formula is C12H18N4O4. The fourth-order valence-electron chi connectivity index (χ4n) is 1.64. The summed E-state index contributed by atoms with van der Waals surface area (Å²) in [6.45, 7) is 1.04. The van der Waals surface area contributed by atoms with Gasteiger partial charge in [-0.1, -0.05) is 0 Å². The molecule has 0 aromatic heterocycles. The number of nitrogens with zero attached hydrogens (tertiary/aromatic N) is 1. The Morgan fingerprint density at radius 2 is 2.20 bits per heavy atom. The highest BCUT2D eigenvalue weighted by molar-refractivity contribution is 5.99. The topological polar surface area (TPSA) is 120 Å². The van der Waals surface area contributed by atoms with Crippen LogP contribution in [-0.2, 0) is 4.74 Å². The van der Waals surface area contributed by atoms with Gasteiger partial charge in [0.15, 0.2) is 0 Å². The van der Waals surface area contributed by atoms with Crippen LogP contribution in [-0.4, -0.2) is 31.1 Å². The number of carbonyl (C=O) groups excluding carboxylic acids is 1. The number of amides is 1. The molecule has 0 radical (unpaired) electrons. The average Bonchev–Trinajstić information content (AvgIpc) is 2.46. The van der Waals surface area contributed by atoms with E-state index in [-0.39, 0.29) is 11.3 Å². The van der Waals surface area contributed by atoms with Gasteiger partial charge in [-0.2, -0.15) is 0 Å². The molecule has 1 amide bonds. The Hall–Kier alpha value is -2.19. The molecule has 0 aliphatic carbocycles. The van der Waals surface area contributed by atoms with Crippen LogP contribution in [0.15, 0.2) is 18.2 Å². The number of nitrogen functional groups attached to an aromatic ring is 1. The first-order valence-corrected chi connectivity index (χ1v) is 6.12. The van der Waals surface area contributed by atoms with Crippen LogP contribution in [0.2, 0.25) is 0 Å². The van der Waals surface area contributed by atoms with Crippen LogP contribution in [0.4, 0.5) is 11.4 Å². The van der Waals surface area contributed by atoms with Gasteiger partial charge in [0.05, 0.1) is 4.92 Å². The van der Waals surface area contributed by atoms with Gasteiger partial charge in [-0.25, -0.2) is 0 Å². The maximum absolute atomic E-state index is 12.0. The first-order chi connectivity index (χ1) is 9.60. The summed E-state index contributed by atoms with van der Waals surface area (Å²) < 4.78 is 4.89. The number of hydrogen-bond acceptors (Lipinski definition) is 6. The van der Waals surface area contributed by atoms with E-state index in [9.17, 15) is 14.9 Å². The van der Waals surface area contributed by atoms with Crippen molar-refractivity contribution in [2.75, 3.05) is 25.7 Å². The summed E-state index contributed by atoms with van der Waals surface area (Å²) >= 11 is 0. The molecular weight excluding hydrogens is 264 g/mol. The number of nitrogens with two attached hydrogens (primary N) is 1. The molecule has 0 saturated heterocycles. The third kappa shape index (κ3) is 4.48. The average molecular weight is 282 g/mol. The number of rotatable bonds is 8. The van der Waals surface area contributed by atoms with Crippen LogP contribution in [0, 0.1) is 10.1 Å². The molecule has 0 unspecified atom stereocenters. The zero-order valence-corrected chi connectivity index (χ0v) is 11.2. The predicted molar refractivity (Wildman–Crippen MR) is 74.3 cm³/mol. The third-order valence-corrected chi connectivity index (χ3v) is 2.67. The van der Waals surface area contributed by atoms with Gasteiger partial charge in [0.2, 0.25) is 0 Å². The number of hydrazine groups is 1. The fraction of sp³-hybridized carbons (Fsp3) is 0.417. The van der Waals surface area contributed by atoms with Crippen LogP contribution < -0.4 is 16.6 Å². The lowest BCUT2D eigenvalue weighted by Crippen LogP contribution is -2.25. The normalized spacial score (nSPS) is 10.1. The van der Waals surface area contributed by atoms with Crippen molar-refractivity contribution in [3.05, 3.63) is 33.9 Å². The first-order valence-electron chi connectivity index (χ1n) is 6.12. The molecule has 8 nitrogen and oxygen atoms in total. The largest absolute Gasteiger partial charge is 0.385 e. The highest BCUT2D eigenvalue weighted by Gasteiger charge is 2.20. The van der Waals surface area contributed by atoms with Crippen molar-refractivity contribution in [2.45, 2.75) is 12.8 Å². The number of nitro benzene ring substituents is 1. The number of nitrogens with one attached hydrogen (secondary N) is 2. The molecule has 1 rings (SSSR count). The maximum Gasteiger partial charge on any atom is 0.282 e. The SMILES string of the molecule is COCCCCNC(=O)c1cc(NN)ccc1[N+](=O)[O-]. The summed E-state index contributed by atoms with van der Waals surface area (Å²) in [6, 6.07) is 4.03.